The molecule has 0 saturated heterocycles. The van der Waals surface area contributed by atoms with Crippen molar-refractivity contribution in [1.82, 2.24) is 24.5 Å². The Bertz CT molecular complexity index is 1380. The summed E-state index contributed by atoms with van der Waals surface area (Å²) >= 11 is 0. The number of ether oxygens (including phenoxy) is 2. The van der Waals surface area contributed by atoms with E-state index < -0.39 is 5.54 Å². The third kappa shape index (κ3) is 3.05. The van der Waals surface area contributed by atoms with Crippen LogP contribution in [0.15, 0.2) is 48.8 Å². The minimum absolute atomic E-state index is 0.154. The van der Waals surface area contributed by atoms with Crippen molar-refractivity contribution in [2.75, 3.05) is 13.2 Å². The molecule has 8 nitrogen and oxygen atoms in total. The van der Waals surface area contributed by atoms with Crippen molar-refractivity contribution in [1.29, 1.82) is 0 Å². The number of aromatic nitrogens is 5. The molecule has 1 spiro atoms. The summed E-state index contributed by atoms with van der Waals surface area (Å²) in [5, 5.41) is 9.52. The van der Waals surface area contributed by atoms with E-state index in [0.29, 0.717) is 25.7 Å². The lowest BCUT2D eigenvalue weighted by Crippen LogP contribution is -2.47. The molecule has 1 fully saturated rings. The Morgan fingerprint density at radius 3 is 2.76 bits per heavy atom. The van der Waals surface area contributed by atoms with Crippen LogP contribution in [0.3, 0.4) is 0 Å². The molecule has 0 bridgehead atoms. The van der Waals surface area contributed by atoms with E-state index in [9.17, 15) is 5.11 Å². The number of aliphatic hydroxyl groups excluding tert-OH is 1. The molecule has 8 heteroatoms. The summed E-state index contributed by atoms with van der Waals surface area (Å²) < 4.78 is 14.3. The van der Waals surface area contributed by atoms with Crippen molar-refractivity contribution < 1.29 is 14.6 Å². The monoisotopic (exact) mass is 455 g/mol. The molecule has 4 aromatic rings. The van der Waals surface area contributed by atoms with Gasteiger partial charge in [-0.05, 0) is 37.0 Å². The third-order valence-electron chi connectivity index (χ3n) is 7.42. The number of para-hydroxylation sites is 1. The highest BCUT2D eigenvalue weighted by molar-refractivity contribution is 5.77. The Kier molecular flexibility index (Phi) is 4.47. The fourth-order valence-corrected chi connectivity index (χ4v) is 5.63. The van der Waals surface area contributed by atoms with E-state index in [1.807, 2.05) is 42.7 Å². The first-order valence-corrected chi connectivity index (χ1v) is 11.9. The largest absolute Gasteiger partial charge is 0.493 e. The second-order valence-corrected chi connectivity index (χ2v) is 9.61. The van der Waals surface area contributed by atoms with Crippen molar-refractivity contribution in [3.63, 3.8) is 0 Å². The molecule has 3 aromatic heterocycles. The van der Waals surface area contributed by atoms with Crippen molar-refractivity contribution in [3.05, 3.63) is 66.0 Å². The van der Waals surface area contributed by atoms with Gasteiger partial charge in [-0.1, -0.05) is 18.2 Å². The fourth-order valence-electron chi connectivity index (χ4n) is 5.63. The highest BCUT2D eigenvalue weighted by Crippen LogP contribution is 2.44. The standard InChI is InChI=1S/C26H25N5O3/c32-18-9-16(10-18)11-23-27-12-17(13-28-23)20-5-6-21-25(30-20)31-24(29-21)14-33-15-26(31)7-8-34-22-4-2-1-3-19(22)26/h1-6,12-13,16,18,32H,7-11,14-15H2. The molecule has 0 amide bonds. The van der Waals surface area contributed by atoms with Crippen LogP contribution in [-0.2, 0) is 23.3 Å². The molecule has 0 radical (unpaired) electrons. The Morgan fingerprint density at radius 1 is 1.06 bits per heavy atom. The van der Waals surface area contributed by atoms with Gasteiger partial charge in [-0.25, -0.2) is 19.9 Å². The van der Waals surface area contributed by atoms with Gasteiger partial charge in [0.2, 0.25) is 0 Å². The highest BCUT2D eigenvalue weighted by Gasteiger charge is 2.45. The van der Waals surface area contributed by atoms with Crippen molar-refractivity contribution in [2.45, 2.75) is 43.9 Å². The number of imidazole rings is 1. The molecule has 1 aromatic carbocycles. The van der Waals surface area contributed by atoms with Crippen LogP contribution in [0.25, 0.3) is 22.4 Å². The quantitative estimate of drug-likeness (QED) is 0.507. The predicted octanol–water partition coefficient (Wildman–Crippen LogP) is 3.26. The first-order chi connectivity index (χ1) is 16.7. The zero-order chi connectivity index (χ0) is 22.7. The summed E-state index contributed by atoms with van der Waals surface area (Å²) in [5.41, 5.74) is 4.12. The van der Waals surface area contributed by atoms with Crippen LogP contribution in [0, 0.1) is 5.92 Å². The Labute approximate surface area is 196 Å². The zero-order valence-corrected chi connectivity index (χ0v) is 18.7. The van der Waals surface area contributed by atoms with Crippen LogP contribution < -0.4 is 4.74 Å². The smallest absolute Gasteiger partial charge is 0.161 e. The van der Waals surface area contributed by atoms with Gasteiger partial charge in [-0.3, -0.25) is 4.57 Å². The minimum Gasteiger partial charge on any atom is -0.493 e. The number of nitrogens with zero attached hydrogens (tertiary/aromatic N) is 5. The topological polar surface area (TPSA) is 95.2 Å². The van der Waals surface area contributed by atoms with Gasteiger partial charge in [0.25, 0.3) is 0 Å². The van der Waals surface area contributed by atoms with E-state index in [0.717, 1.165) is 71.1 Å². The first kappa shape index (κ1) is 20.1. The zero-order valence-electron chi connectivity index (χ0n) is 18.7. The van der Waals surface area contributed by atoms with Gasteiger partial charge in [0.15, 0.2) is 5.65 Å². The Hall–Kier alpha value is -3.36. The van der Waals surface area contributed by atoms with E-state index in [-0.39, 0.29) is 6.10 Å². The third-order valence-corrected chi connectivity index (χ3v) is 7.42. The van der Waals surface area contributed by atoms with Crippen molar-refractivity contribution in [2.24, 2.45) is 5.92 Å². The summed E-state index contributed by atoms with van der Waals surface area (Å²) in [5.74, 6) is 3.08. The van der Waals surface area contributed by atoms with Crippen LogP contribution in [-0.4, -0.2) is 48.9 Å². The van der Waals surface area contributed by atoms with Crippen LogP contribution in [0.1, 0.15) is 36.5 Å². The summed E-state index contributed by atoms with van der Waals surface area (Å²) in [6, 6.07) is 12.2. The SMILES string of the molecule is OC1CC(Cc2ncc(-c3ccc4nc5n(c4n3)C3(CCOc4ccccc43)COC5)cn2)C1. The van der Waals surface area contributed by atoms with Crippen LogP contribution >= 0.6 is 0 Å². The van der Waals surface area contributed by atoms with E-state index in [4.69, 9.17) is 19.4 Å². The molecular formula is C26H25N5O3. The number of hydrogen-bond acceptors (Lipinski definition) is 7. The van der Waals surface area contributed by atoms with E-state index in [1.54, 1.807) is 0 Å². The lowest BCUT2D eigenvalue weighted by atomic mass is 9.80. The van der Waals surface area contributed by atoms with Crippen LogP contribution in [0.5, 0.6) is 5.75 Å². The van der Waals surface area contributed by atoms with Gasteiger partial charge >= 0.3 is 0 Å². The number of hydrogen-bond donors (Lipinski definition) is 1. The van der Waals surface area contributed by atoms with Gasteiger partial charge in [-0.2, -0.15) is 0 Å². The number of fused-ring (bicyclic) bond motifs is 6. The lowest BCUT2D eigenvalue weighted by Gasteiger charge is -2.43. The second kappa shape index (κ2) is 7.58. The molecule has 5 heterocycles. The van der Waals surface area contributed by atoms with Gasteiger partial charge in [0.05, 0.1) is 25.0 Å². The molecule has 1 atom stereocenters. The van der Waals surface area contributed by atoms with Gasteiger partial charge < -0.3 is 14.6 Å². The van der Waals surface area contributed by atoms with Crippen LogP contribution in [0.4, 0.5) is 0 Å². The summed E-state index contributed by atoms with van der Waals surface area (Å²) in [6.07, 6.45) is 6.83. The molecule has 2 aliphatic heterocycles. The number of aliphatic hydroxyl groups is 1. The molecule has 1 saturated carbocycles. The maximum Gasteiger partial charge on any atom is 0.161 e. The average molecular weight is 456 g/mol. The molecule has 7 rings (SSSR count). The first-order valence-electron chi connectivity index (χ1n) is 11.9. The van der Waals surface area contributed by atoms with Crippen molar-refractivity contribution >= 4 is 11.2 Å². The molecule has 3 aliphatic rings. The van der Waals surface area contributed by atoms with E-state index >= 15 is 0 Å². The number of pyridine rings is 1. The van der Waals surface area contributed by atoms with Gasteiger partial charge in [-0.15, -0.1) is 0 Å². The Morgan fingerprint density at radius 2 is 1.91 bits per heavy atom. The van der Waals surface area contributed by atoms with E-state index in [1.165, 1.54) is 0 Å². The predicted molar refractivity (Wildman–Crippen MR) is 124 cm³/mol. The lowest BCUT2D eigenvalue weighted by molar-refractivity contribution is 0.00399. The minimum atomic E-state index is -0.392. The van der Waals surface area contributed by atoms with Crippen LogP contribution in [0.2, 0.25) is 0 Å². The molecule has 1 N–H and O–H groups in total. The highest BCUT2D eigenvalue weighted by atomic mass is 16.5. The summed E-state index contributed by atoms with van der Waals surface area (Å²) in [4.78, 5) is 19.1. The summed E-state index contributed by atoms with van der Waals surface area (Å²) in [7, 11) is 0. The van der Waals surface area contributed by atoms with Gasteiger partial charge in [0, 0.05) is 36.4 Å². The molecular weight excluding hydrogens is 430 g/mol. The van der Waals surface area contributed by atoms with E-state index in [2.05, 4.69) is 20.6 Å². The molecule has 1 unspecified atom stereocenters. The molecule has 172 valence electrons. The van der Waals surface area contributed by atoms with Crippen molar-refractivity contribution in [3.8, 4) is 17.0 Å². The number of rotatable bonds is 3. The second-order valence-electron chi connectivity index (χ2n) is 9.61. The maximum atomic E-state index is 9.52. The molecule has 1 aliphatic carbocycles. The average Bonchev–Trinajstić information content (AvgIpc) is 3.23. The normalized spacial score (nSPS) is 25.4. The summed E-state index contributed by atoms with van der Waals surface area (Å²) in [6.45, 7) is 1.64. The molecule has 34 heavy (non-hydrogen) atoms. The Balaban J connectivity index is 1.29. The number of benzene rings is 1. The maximum absolute atomic E-state index is 9.52. The fraction of sp³-hybridized carbons (Fsp3) is 0.385. The van der Waals surface area contributed by atoms with Gasteiger partial charge in [0.1, 0.15) is 35.1 Å².